The molecule has 4 aliphatic rings. The van der Waals surface area contributed by atoms with Gasteiger partial charge in [0.1, 0.15) is 34.5 Å². The second kappa shape index (κ2) is 23.7. The number of pyridine rings is 1. The Morgan fingerprint density at radius 1 is 0.231 bits per heavy atom. The molecule has 2 spiro atoms. The quantitative estimate of drug-likeness (QED) is 0.125. The number of para-hydroxylation sites is 1. The lowest BCUT2D eigenvalue weighted by atomic mass is 9.65. The van der Waals surface area contributed by atoms with E-state index in [0.29, 0.717) is 51.2 Å². The highest BCUT2D eigenvalue weighted by atomic mass is 19.4. The third-order valence-electron chi connectivity index (χ3n) is 20.3. The van der Waals surface area contributed by atoms with Gasteiger partial charge in [0.15, 0.2) is 17.5 Å². The van der Waals surface area contributed by atoms with Crippen molar-refractivity contribution in [3.8, 4) is 147 Å². The number of benzene rings is 13. The molecule has 19 rings (SSSR count). The van der Waals surface area contributed by atoms with Crippen LogP contribution in [-0.4, -0.2) is 32.7 Å². The third kappa shape index (κ3) is 10.2. The largest absolute Gasteiger partial charge is 0.573 e. The number of aromatic nitrogens is 4. The first kappa shape index (κ1) is 61.9. The van der Waals surface area contributed by atoms with Gasteiger partial charge < -0.3 is 18.9 Å². The number of hydrogen-bond acceptors (Lipinski definition) is 8. The number of ether oxygens (including phenoxy) is 4. The second-order valence-corrected chi connectivity index (χ2v) is 26.1. The van der Waals surface area contributed by atoms with E-state index in [-0.39, 0.29) is 11.5 Å². The summed E-state index contributed by atoms with van der Waals surface area (Å²) < 4.78 is 102. The lowest BCUT2D eigenvalue weighted by Gasteiger charge is -2.39. The average Bonchev–Trinajstić information content (AvgIpc) is 1.50. The molecule has 0 radical (unpaired) electrons. The van der Waals surface area contributed by atoms with E-state index in [9.17, 15) is 26.3 Å². The Balaban J connectivity index is 0.678. The predicted octanol–water partition coefficient (Wildman–Crippen LogP) is 23.3. The summed E-state index contributed by atoms with van der Waals surface area (Å²) in [5.41, 5.74) is 20.8. The lowest BCUT2D eigenvalue weighted by molar-refractivity contribution is -0.275. The number of hydrogen-bond donors (Lipinski definition) is 0. The molecule has 0 unspecified atom stereocenters. The van der Waals surface area contributed by atoms with Crippen LogP contribution in [0.5, 0.6) is 34.5 Å². The van der Waals surface area contributed by atoms with Crippen molar-refractivity contribution in [1.82, 2.24) is 19.9 Å². The van der Waals surface area contributed by atoms with Crippen molar-refractivity contribution >= 4 is 0 Å². The topological polar surface area (TPSA) is 88.5 Å². The molecule has 2 aromatic heterocycles. The van der Waals surface area contributed by atoms with Gasteiger partial charge in [-0.2, -0.15) is 0 Å². The van der Waals surface area contributed by atoms with Crippen molar-refractivity contribution in [1.29, 1.82) is 0 Å². The Morgan fingerprint density at radius 2 is 0.587 bits per heavy atom. The van der Waals surface area contributed by atoms with Gasteiger partial charge in [0.2, 0.25) is 0 Å². The zero-order valence-electron chi connectivity index (χ0n) is 54.7. The Labute approximate surface area is 592 Å². The first-order valence-electron chi connectivity index (χ1n) is 33.8. The second-order valence-electron chi connectivity index (χ2n) is 26.1. The molecule has 0 amide bonds. The summed E-state index contributed by atoms with van der Waals surface area (Å²) in [4.78, 5) is 20.9. The normalized spacial score (nSPS) is 13.6. The summed E-state index contributed by atoms with van der Waals surface area (Å²) in [5.74, 6) is 3.60. The first-order chi connectivity index (χ1) is 50.7. The SMILES string of the molecule is FC(F)(F)Oc1ccc(-c2cc(-c3ccc(OC(F)(F)F)cc3)cc(-c3ccc4c(c3)C3(c5ccc(-c6cccc(-c7ccc(-c8nc(-c9ccccc9)nc(-c9ccc%10c(c9)C9(c%11ccccc%11O%10)c%10ccccc%10-c%10ccccc%109)n8)cc7)n6)cc5O4)c4ccccc4-c4ccccc43)c2)cc1. The third-order valence-corrected chi connectivity index (χ3v) is 20.3. The maximum atomic E-state index is 13.3. The standard InChI is InChI=1S/C90H52F6N4O4/c91-89(92,93)103-64-40-33-53(34-41-64)61-47-62(54-35-42-65(43-36-54)104-90(94,95)96)49-63(48-61)58-38-45-82-76(50-58)88(72-23-10-6-19-68(72)69-20-7-11-24-73(69)88)75-44-37-59(52-83(75)102-82)79-27-14-26-78(97-79)55-29-31-57(32-30-55)85-98-84(56-15-2-1-3-16-56)99-86(100-85)60-39-46-81-77(51-60)87(74-25-12-13-28-80(74)101-81)70-21-8-4-17-66(70)67-18-5-9-22-71(67)87/h1-52H. The minimum absolute atomic E-state index is 0.386. The Morgan fingerprint density at radius 3 is 1.10 bits per heavy atom. The molecule has 0 fully saturated rings. The minimum atomic E-state index is -4.89. The van der Waals surface area contributed by atoms with Crippen molar-refractivity contribution in [3.63, 3.8) is 0 Å². The van der Waals surface area contributed by atoms with Gasteiger partial charge in [-0.25, -0.2) is 19.9 Å². The van der Waals surface area contributed by atoms with E-state index in [0.717, 1.165) is 106 Å². The smallest absolute Gasteiger partial charge is 0.457 e. The van der Waals surface area contributed by atoms with Crippen LogP contribution in [-0.2, 0) is 10.8 Å². The molecule has 2 aliphatic heterocycles. The molecular weight excluding hydrogens is 1320 g/mol. The van der Waals surface area contributed by atoms with Gasteiger partial charge >= 0.3 is 12.7 Å². The summed E-state index contributed by atoms with van der Waals surface area (Å²) in [6.45, 7) is 0. The van der Waals surface area contributed by atoms with E-state index in [1.165, 1.54) is 70.8 Å². The van der Waals surface area contributed by atoms with Crippen LogP contribution in [0.3, 0.4) is 0 Å². The number of rotatable bonds is 10. The fraction of sp³-hybridized carbons (Fsp3) is 0.0444. The molecule has 0 N–H and O–H groups in total. The molecule has 13 aromatic carbocycles. The van der Waals surface area contributed by atoms with Crippen LogP contribution in [0.4, 0.5) is 26.3 Å². The molecule has 4 heterocycles. The fourth-order valence-electron chi connectivity index (χ4n) is 16.0. The van der Waals surface area contributed by atoms with Gasteiger partial charge in [-0.3, -0.25) is 0 Å². The summed E-state index contributed by atoms with van der Waals surface area (Å²) in [7, 11) is 0. The van der Waals surface area contributed by atoms with Crippen molar-refractivity contribution in [2.45, 2.75) is 23.6 Å². The summed E-state index contributed by atoms with van der Waals surface area (Å²) >= 11 is 0. The lowest BCUT2D eigenvalue weighted by Crippen LogP contribution is -2.32. The summed E-state index contributed by atoms with van der Waals surface area (Å²) in [5, 5.41) is 0. The van der Waals surface area contributed by atoms with E-state index < -0.39 is 23.6 Å². The molecular formula is C90H52F6N4O4. The molecule has 0 bridgehead atoms. The molecule has 2 aliphatic carbocycles. The highest BCUT2D eigenvalue weighted by Crippen LogP contribution is 2.65. The minimum Gasteiger partial charge on any atom is -0.457 e. The first-order valence-corrected chi connectivity index (χ1v) is 33.8. The van der Waals surface area contributed by atoms with E-state index in [4.69, 9.17) is 29.4 Å². The summed E-state index contributed by atoms with van der Waals surface area (Å²) in [6, 6.07) is 102. The highest BCUT2D eigenvalue weighted by molar-refractivity contribution is 5.92. The Kier molecular flexibility index (Phi) is 14.1. The maximum absolute atomic E-state index is 13.3. The van der Waals surface area contributed by atoms with Gasteiger partial charge in [0, 0.05) is 50.1 Å². The molecule has 0 saturated heterocycles. The molecule has 8 nitrogen and oxygen atoms in total. The zero-order valence-corrected chi connectivity index (χ0v) is 54.7. The summed E-state index contributed by atoms with van der Waals surface area (Å²) in [6.07, 6.45) is -9.78. The van der Waals surface area contributed by atoms with E-state index in [1.54, 1.807) is 0 Å². The van der Waals surface area contributed by atoms with Crippen molar-refractivity contribution < 1.29 is 45.3 Å². The predicted molar refractivity (Wildman–Crippen MR) is 389 cm³/mol. The number of fused-ring (bicyclic) bond motifs is 18. The Bertz CT molecular complexity index is 5810. The molecule has 104 heavy (non-hydrogen) atoms. The van der Waals surface area contributed by atoms with Crippen molar-refractivity contribution in [2.24, 2.45) is 0 Å². The van der Waals surface area contributed by atoms with E-state index in [2.05, 4.69) is 125 Å². The van der Waals surface area contributed by atoms with Crippen LogP contribution in [0.1, 0.15) is 44.5 Å². The Hall–Kier alpha value is -13.2. The average molecular weight is 1370 g/mol. The van der Waals surface area contributed by atoms with Crippen LogP contribution >= 0.6 is 0 Å². The van der Waals surface area contributed by atoms with Crippen molar-refractivity contribution in [3.05, 3.63) is 360 Å². The molecule has 0 saturated carbocycles. The molecule has 0 atom stereocenters. The van der Waals surface area contributed by atoms with Crippen LogP contribution in [0.25, 0.3) is 112 Å². The monoisotopic (exact) mass is 1370 g/mol. The van der Waals surface area contributed by atoms with Crippen LogP contribution in [0.2, 0.25) is 0 Å². The van der Waals surface area contributed by atoms with Gasteiger partial charge in [-0.1, -0.05) is 218 Å². The van der Waals surface area contributed by atoms with Crippen LogP contribution < -0.4 is 18.9 Å². The zero-order chi connectivity index (χ0) is 70.1. The van der Waals surface area contributed by atoms with Crippen molar-refractivity contribution in [2.75, 3.05) is 0 Å². The molecule has 498 valence electrons. The maximum Gasteiger partial charge on any atom is 0.573 e. The fourth-order valence-corrected chi connectivity index (χ4v) is 16.0. The molecule has 14 heteroatoms. The number of alkyl halides is 6. The van der Waals surface area contributed by atoms with E-state index >= 15 is 0 Å². The van der Waals surface area contributed by atoms with Crippen LogP contribution in [0.15, 0.2) is 315 Å². The highest BCUT2D eigenvalue weighted by Gasteiger charge is 2.53. The number of halogens is 6. The van der Waals surface area contributed by atoms with Gasteiger partial charge in [-0.15, -0.1) is 26.3 Å². The van der Waals surface area contributed by atoms with E-state index in [1.807, 2.05) is 152 Å². The van der Waals surface area contributed by atoms with Gasteiger partial charge in [0.25, 0.3) is 0 Å². The van der Waals surface area contributed by atoms with Gasteiger partial charge in [0.05, 0.1) is 22.2 Å². The molecule has 15 aromatic rings. The number of nitrogens with zero attached hydrogens (tertiary/aromatic N) is 4. The van der Waals surface area contributed by atoms with Crippen LogP contribution in [0, 0.1) is 0 Å². The van der Waals surface area contributed by atoms with Gasteiger partial charge in [-0.05, 0) is 175 Å².